The summed E-state index contributed by atoms with van der Waals surface area (Å²) in [5, 5.41) is 26.0. The molecule has 3 saturated carbocycles. The predicted molar refractivity (Wildman–Crippen MR) is 144 cm³/mol. The van der Waals surface area contributed by atoms with Gasteiger partial charge in [0.1, 0.15) is 5.60 Å². The molecule has 1 aromatic heterocycles. The quantitative estimate of drug-likeness (QED) is 0.418. The van der Waals surface area contributed by atoms with Gasteiger partial charge in [-0.1, -0.05) is 25.5 Å². The molecular formula is C31H40N2O7. The summed E-state index contributed by atoms with van der Waals surface area (Å²) in [6.45, 7) is 3.75. The van der Waals surface area contributed by atoms with Crippen LogP contribution in [-0.2, 0) is 30.5 Å². The molecule has 7 atom stereocenters. The van der Waals surface area contributed by atoms with Crippen molar-refractivity contribution in [2.75, 3.05) is 6.61 Å². The molecule has 0 spiro atoms. The maximum atomic E-state index is 13.4. The van der Waals surface area contributed by atoms with Crippen molar-refractivity contribution in [1.29, 1.82) is 0 Å². The molecule has 1 heterocycles. The number of pyridine rings is 1. The number of esters is 1. The van der Waals surface area contributed by atoms with Crippen LogP contribution in [0.5, 0.6) is 0 Å². The van der Waals surface area contributed by atoms with E-state index in [1.54, 1.807) is 24.4 Å². The molecule has 0 saturated heterocycles. The minimum absolute atomic E-state index is 0.0160. The molecule has 40 heavy (non-hydrogen) atoms. The van der Waals surface area contributed by atoms with Crippen LogP contribution in [-0.4, -0.2) is 57.0 Å². The topological polar surface area (TPSA) is 143 Å². The molecule has 4 aliphatic rings. The van der Waals surface area contributed by atoms with Crippen LogP contribution in [0.1, 0.15) is 77.3 Å². The highest BCUT2D eigenvalue weighted by Gasteiger charge is 2.68. The van der Waals surface area contributed by atoms with Crippen molar-refractivity contribution in [2.24, 2.45) is 28.6 Å². The fourth-order valence-corrected chi connectivity index (χ4v) is 8.48. The van der Waals surface area contributed by atoms with Crippen molar-refractivity contribution in [3.8, 4) is 0 Å². The first-order chi connectivity index (χ1) is 19.0. The summed E-state index contributed by atoms with van der Waals surface area (Å²) in [5.41, 5.74) is -0.961. The highest BCUT2D eigenvalue weighted by molar-refractivity contribution is 5.92. The van der Waals surface area contributed by atoms with Crippen molar-refractivity contribution in [2.45, 2.75) is 89.9 Å². The molecule has 3 fully saturated rings. The van der Waals surface area contributed by atoms with Crippen LogP contribution in [0.3, 0.4) is 0 Å². The Bertz CT molecular complexity index is 1220. The number of aliphatic hydroxyl groups is 2. The number of aliphatic hydroxyl groups excluding tert-OH is 1. The normalized spacial score (nSPS) is 36.5. The summed E-state index contributed by atoms with van der Waals surface area (Å²) in [5.74, 6) is -1.24. The number of ketones is 2. The van der Waals surface area contributed by atoms with E-state index >= 15 is 0 Å². The highest BCUT2D eigenvalue weighted by Crippen LogP contribution is 2.67. The highest BCUT2D eigenvalue weighted by atomic mass is 16.5. The van der Waals surface area contributed by atoms with Crippen molar-refractivity contribution < 1.29 is 34.1 Å². The van der Waals surface area contributed by atoms with E-state index in [1.807, 2.05) is 13.0 Å². The summed E-state index contributed by atoms with van der Waals surface area (Å²) < 4.78 is 5.21. The first-order valence-electron chi connectivity index (χ1n) is 14.5. The lowest BCUT2D eigenvalue weighted by molar-refractivity contribution is -0.184. The zero-order valence-corrected chi connectivity index (χ0v) is 23.4. The van der Waals surface area contributed by atoms with Gasteiger partial charge < -0.3 is 20.3 Å². The number of hydrogen-bond acceptors (Lipinski definition) is 8. The molecule has 216 valence electrons. The van der Waals surface area contributed by atoms with E-state index < -0.39 is 35.5 Å². The molecule has 0 aliphatic heterocycles. The van der Waals surface area contributed by atoms with Gasteiger partial charge in [0, 0.05) is 24.5 Å². The monoisotopic (exact) mass is 552 g/mol. The van der Waals surface area contributed by atoms with Gasteiger partial charge in [-0.25, -0.2) is 0 Å². The fourth-order valence-electron chi connectivity index (χ4n) is 8.48. The van der Waals surface area contributed by atoms with Crippen LogP contribution in [0.4, 0.5) is 0 Å². The maximum absolute atomic E-state index is 13.4. The van der Waals surface area contributed by atoms with Gasteiger partial charge in [-0.05, 0) is 79.9 Å². The van der Waals surface area contributed by atoms with Gasteiger partial charge in [-0.3, -0.25) is 24.2 Å². The number of fused-ring (bicyclic) bond motifs is 5. The van der Waals surface area contributed by atoms with Crippen molar-refractivity contribution in [3.05, 3.63) is 41.7 Å². The zero-order chi connectivity index (χ0) is 28.7. The number of amides is 1. The lowest BCUT2D eigenvalue weighted by atomic mass is 9.45. The Morgan fingerprint density at radius 2 is 1.93 bits per heavy atom. The minimum Gasteiger partial charge on any atom is -0.458 e. The largest absolute Gasteiger partial charge is 0.458 e. The van der Waals surface area contributed by atoms with Crippen LogP contribution < -0.4 is 5.32 Å². The van der Waals surface area contributed by atoms with Crippen molar-refractivity contribution in [1.82, 2.24) is 10.3 Å². The van der Waals surface area contributed by atoms with Crippen LogP contribution in [0.25, 0.3) is 0 Å². The Balaban J connectivity index is 1.18. The third-order valence-electron chi connectivity index (χ3n) is 10.6. The van der Waals surface area contributed by atoms with E-state index in [0.29, 0.717) is 18.5 Å². The average molecular weight is 553 g/mol. The van der Waals surface area contributed by atoms with Gasteiger partial charge in [0.15, 0.2) is 12.4 Å². The molecule has 9 heteroatoms. The predicted octanol–water partition coefficient (Wildman–Crippen LogP) is 2.82. The van der Waals surface area contributed by atoms with Gasteiger partial charge in [0.2, 0.25) is 11.7 Å². The number of hydrogen-bond donors (Lipinski definition) is 3. The molecule has 0 bridgehead atoms. The first-order valence-corrected chi connectivity index (χ1v) is 14.5. The molecular weight excluding hydrogens is 512 g/mol. The van der Waals surface area contributed by atoms with Crippen LogP contribution >= 0.6 is 0 Å². The number of nitrogens with one attached hydrogen (secondary N) is 1. The van der Waals surface area contributed by atoms with E-state index in [0.717, 1.165) is 24.8 Å². The Hall–Kier alpha value is -2.91. The number of rotatable bonds is 8. The van der Waals surface area contributed by atoms with E-state index in [2.05, 4.69) is 17.2 Å². The number of carbonyl (C=O) groups excluding carboxylic acids is 4. The molecule has 9 nitrogen and oxygen atoms in total. The summed E-state index contributed by atoms with van der Waals surface area (Å²) in [6.07, 6.45) is 6.45. The van der Waals surface area contributed by atoms with E-state index in [-0.39, 0.29) is 67.1 Å². The fraction of sp³-hybridized carbons (Fsp3) is 0.645. The number of nitrogens with zero attached hydrogens (tertiary/aromatic N) is 1. The second kappa shape index (κ2) is 10.8. The van der Waals surface area contributed by atoms with Crippen molar-refractivity contribution >= 4 is 23.4 Å². The SMILES string of the molecule is C[C@]12CCC(=O)C=C1CC[C@@H]1[C@H]2[C@@H](O)C[C@@]2(C)[C@@H]1CC[C@]2(O)C(=O)COC(=O)CCC(=O)NCc1ccccn1. The molecule has 1 aromatic rings. The Morgan fingerprint density at radius 3 is 2.67 bits per heavy atom. The van der Waals surface area contributed by atoms with Crippen molar-refractivity contribution in [3.63, 3.8) is 0 Å². The average Bonchev–Trinajstić information content (AvgIpc) is 3.20. The molecule has 0 aromatic carbocycles. The summed E-state index contributed by atoms with van der Waals surface area (Å²) in [7, 11) is 0. The Kier molecular flexibility index (Phi) is 7.74. The Morgan fingerprint density at radius 1 is 1.12 bits per heavy atom. The second-order valence-corrected chi connectivity index (χ2v) is 12.7. The van der Waals surface area contributed by atoms with Gasteiger partial charge in [-0.2, -0.15) is 0 Å². The van der Waals surface area contributed by atoms with E-state index in [1.165, 1.54) is 0 Å². The van der Waals surface area contributed by atoms with Gasteiger partial charge >= 0.3 is 5.97 Å². The van der Waals surface area contributed by atoms with Gasteiger partial charge in [0.05, 0.1) is 24.8 Å². The molecule has 0 unspecified atom stereocenters. The molecule has 4 aliphatic carbocycles. The van der Waals surface area contributed by atoms with E-state index in [9.17, 15) is 29.4 Å². The second-order valence-electron chi connectivity index (χ2n) is 12.7. The maximum Gasteiger partial charge on any atom is 0.306 e. The lowest BCUT2D eigenvalue weighted by Gasteiger charge is -2.60. The van der Waals surface area contributed by atoms with E-state index in [4.69, 9.17) is 4.74 Å². The molecule has 5 rings (SSSR count). The standard InChI is InChI=1S/C31H40N2O7/c1-29-12-10-21(34)15-19(29)6-7-22-23-11-13-31(39,30(23,2)16-24(35)28(22)29)25(36)18-40-27(38)9-8-26(37)33-17-20-5-3-4-14-32-20/h3-5,14-15,22-24,28,35,39H,6-13,16-18H2,1-2H3,(H,33,37)/t22-,23+,24-,28-,29-,30-,31-/m0/s1. The van der Waals surface area contributed by atoms with Gasteiger partial charge in [0.25, 0.3) is 0 Å². The third kappa shape index (κ3) is 4.91. The van der Waals surface area contributed by atoms with Crippen LogP contribution in [0.15, 0.2) is 36.0 Å². The number of carbonyl (C=O) groups is 4. The smallest absolute Gasteiger partial charge is 0.306 e. The number of Topliss-reactive ketones (excluding diaryl/α,β-unsaturated/α-hetero) is 1. The number of aromatic nitrogens is 1. The number of allylic oxidation sites excluding steroid dienone is 1. The van der Waals surface area contributed by atoms with Gasteiger partial charge in [-0.15, -0.1) is 0 Å². The summed E-state index contributed by atoms with van der Waals surface area (Å²) >= 11 is 0. The third-order valence-corrected chi connectivity index (χ3v) is 10.6. The summed E-state index contributed by atoms with van der Waals surface area (Å²) in [6, 6.07) is 5.38. The van der Waals surface area contributed by atoms with Crippen LogP contribution in [0, 0.1) is 28.6 Å². The molecule has 1 amide bonds. The zero-order valence-electron chi connectivity index (χ0n) is 23.4. The summed E-state index contributed by atoms with van der Waals surface area (Å²) in [4.78, 5) is 54.0. The Labute approximate surface area is 234 Å². The first kappa shape index (κ1) is 28.6. The molecule has 0 radical (unpaired) electrons. The lowest BCUT2D eigenvalue weighted by Crippen LogP contribution is -2.62. The molecule has 3 N–H and O–H groups in total. The minimum atomic E-state index is -1.70. The number of ether oxygens (including phenoxy) is 1. The van der Waals surface area contributed by atoms with Crippen LogP contribution in [0.2, 0.25) is 0 Å².